The molecule has 0 spiro atoms. The van der Waals surface area contributed by atoms with E-state index in [1.165, 1.54) is 65.6 Å². The Hall–Kier alpha value is -0.766. The van der Waals surface area contributed by atoms with Crippen molar-refractivity contribution in [3.8, 4) is 0 Å². The van der Waals surface area contributed by atoms with E-state index in [4.69, 9.17) is 158 Å². The highest BCUT2D eigenvalue weighted by Crippen LogP contribution is 2.54. The Labute approximate surface area is 579 Å². The molecule has 29 nitrogen and oxygen atoms in total. The maximum atomic E-state index is 13.5. The van der Waals surface area contributed by atoms with Crippen LogP contribution in [0.5, 0.6) is 0 Å². The highest BCUT2D eigenvalue weighted by molar-refractivity contribution is 8.19. The maximum Gasteiger partial charge on any atom is 0.475 e. The van der Waals surface area contributed by atoms with Crippen LogP contribution in [0.1, 0.15) is 22.2 Å². The van der Waals surface area contributed by atoms with Crippen LogP contribution < -0.4 is 0 Å². The average molecular weight is 1420 g/mol. The number of esters is 1. The summed E-state index contributed by atoms with van der Waals surface area (Å²) < 4.78 is 186. The summed E-state index contributed by atoms with van der Waals surface area (Å²) in [5.41, 5.74) is 0. The van der Waals surface area contributed by atoms with Crippen LogP contribution in [0.25, 0.3) is 4.85 Å². The van der Waals surface area contributed by atoms with E-state index in [1.807, 2.05) is 23.5 Å². The van der Waals surface area contributed by atoms with Crippen molar-refractivity contribution in [2.45, 2.75) is 175 Å². The van der Waals surface area contributed by atoms with Crippen LogP contribution in [-0.2, 0) is 116 Å². The molecule has 0 amide bonds. The van der Waals surface area contributed by atoms with Crippen molar-refractivity contribution >= 4 is 124 Å². The molecule has 7 aliphatic rings. The van der Waals surface area contributed by atoms with Crippen LogP contribution in [0, 0.1) is 12.5 Å². The first-order chi connectivity index (χ1) is 46.7. The molecular weight excluding hydrogens is 1330 g/mol. The number of fused-ring (bicyclic) bond motifs is 1. The number of hydrogen-bond donors (Lipinski definition) is 3. The minimum Gasteiger partial charge on any atom is -0.460 e. The Balaban J connectivity index is 0.000000360. The number of carbonyl (C=O) groups excluding carboxylic acids is 1. The van der Waals surface area contributed by atoms with Gasteiger partial charge in [-0.15, -0.1) is 23.5 Å². The Morgan fingerprint density at radius 2 is 0.979 bits per heavy atom. The average Bonchev–Trinajstić information content (AvgIpc) is 1.66. The van der Waals surface area contributed by atoms with Crippen molar-refractivity contribution < 1.29 is 133 Å². The van der Waals surface area contributed by atoms with E-state index in [9.17, 15) is 33.8 Å². The number of rotatable bonds is 31. The van der Waals surface area contributed by atoms with Crippen LogP contribution in [0.3, 0.4) is 0 Å². The third-order valence-corrected chi connectivity index (χ3v) is 21.4. The van der Waals surface area contributed by atoms with E-state index in [0.717, 1.165) is 0 Å². The summed E-state index contributed by atoms with van der Waals surface area (Å²) in [6.07, 6.45) is -15.2. The smallest absolute Gasteiger partial charge is 0.460 e. The van der Waals surface area contributed by atoms with Crippen molar-refractivity contribution in [1.82, 2.24) is 0 Å². The number of thioether (sulfide) groups is 2. The minimum atomic E-state index is -4.38. The van der Waals surface area contributed by atoms with Gasteiger partial charge in [-0.2, -0.15) is 0 Å². The van der Waals surface area contributed by atoms with Gasteiger partial charge in [0.05, 0.1) is 68.5 Å². The molecule has 6 saturated heterocycles. The van der Waals surface area contributed by atoms with Crippen molar-refractivity contribution in [2.24, 2.45) is 5.92 Å². The molecule has 43 heteroatoms. The van der Waals surface area contributed by atoms with Crippen molar-refractivity contribution in [1.29, 1.82) is 6.68 Å². The highest BCUT2D eigenvalue weighted by Gasteiger charge is 2.51. The second kappa shape index (κ2) is 40.8. The first-order valence-electron chi connectivity index (χ1n) is 31.9. The zero-order valence-electron chi connectivity index (χ0n) is 58.7. The summed E-state index contributed by atoms with van der Waals surface area (Å²) in [6.45, 7) is 13.7. The molecule has 8 rings (SSSR count). The summed E-state index contributed by atoms with van der Waals surface area (Å²) >= 11 is 3.91. The first-order valence-corrected chi connectivity index (χ1v) is 36.2. The Bertz CT molecular complexity index is 2730. The molecular formula is C51H85B9NO28P3S2. The number of phosphoric acid groups is 1. The van der Waals surface area contributed by atoms with E-state index < -0.39 is 191 Å². The molecule has 1 aromatic rings. The Morgan fingerprint density at radius 3 is 1.39 bits per heavy atom. The van der Waals surface area contributed by atoms with Gasteiger partial charge in [-0.3, -0.25) is 36.5 Å². The van der Waals surface area contributed by atoms with E-state index in [-0.39, 0.29) is 54.2 Å². The second-order valence-corrected chi connectivity index (χ2v) is 30.5. The Morgan fingerprint density at radius 1 is 0.606 bits per heavy atom. The van der Waals surface area contributed by atoms with Crippen LogP contribution in [0.2, 0.25) is 0 Å². The molecule has 516 valence electrons. The monoisotopic (exact) mass is 1420 g/mol. The van der Waals surface area contributed by atoms with Gasteiger partial charge in [-0.05, 0) is 20.4 Å². The third-order valence-electron chi connectivity index (χ3n) is 14.8. The number of hydrogen-bond acceptors (Lipinski definition) is 30. The number of ether oxygens (including phenoxy) is 12. The second-order valence-electron chi connectivity index (χ2n) is 21.8. The number of carbonyl (C=O) groups is 1. The number of aliphatic hydroxyl groups excluding tert-OH is 3. The summed E-state index contributed by atoms with van der Waals surface area (Å²) in [5, 5.41) is 29.8. The van der Waals surface area contributed by atoms with Crippen LogP contribution in [-0.4, -0.2) is 345 Å². The van der Waals surface area contributed by atoms with Crippen LogP contribution in [0.4, 0.5) is 0 Å². The molecule has 94 heavy (non-hydrogen) atoms. The van der Waals surface area contributed by atoms with E-state index >= 15 is 0 Å². The molecule has 3 N–H and O–H groups in total. The van der Waals surface area contributed by atoms with E-state index in [0.29, 0.717) is 4.58 Å². The quantitative estimate of drug-likeness (QED) is 0.0251. The van der Waals surface area contributed by atoms with Gasteiger partial charge >= 0.3 is 29.0 Å². The lowest BCUT2D eigenvalue weighted by Crippen LogP contribution is -2.39. The largest absolute Gasteiger partial charge is 0.475 e. The summed E-state index contributed by atoms with van der Waals surface area (Å²) in [6, 6.07) is 2.73. The number of aliphatic hydroxyl groups is 3. The number of benzene rings is 1. The predicted octanol–water partition coefficient (Wildman–Crippen LogP) is -1.47. The molecule has 27 atom stereocenters. The topological polar surface area (TPSA) is 327 Å². The van der Waals surface area contributed by atoms with Gasteiger partial charge in [-0.1, -0.05) is 19.1 Å². The van der Waals surface area contributed by atoms with Gasteiger partial charge in [0.15, 0.2) is 0 Å². The number of nitrogens with zero attached hydrogens (tertiary/aromatic N) is 1. The standard InChI is InChI=1S/C17H27B3NO10P.C13H24B3O9P.C13H23B2O9P.C8H8S2.BH.H2/c1-9-11(28-16(18)13(9)27-10(2)22)8-26-32(23,25-6-5-21-3)31-14-12(7-24-4)29-17(19)15(14)30-20;1-19-4-6-10(11(24-16)13(15)23-6)25-26(3,18)21-5-7-9(20-2)8(17)12(14)22-7;1-19-4-6-11(9(17)13(15)22-6)24-25(3,18)21-5-7-10(20-2)8(16)12(14)23-7;1-6-9-7-4-2-3-5-8(7)10-6;;/h9,11-17H,5-8,20H2,1-2,4H3;6-13,17H,4-5,16H2,1-3H3;6-13,16-17H,4-5H2,1-3H3;2-6H,1H3;2*1H/t9?,11-,12-,13+,14?,15+,16-,17-,32?;6-,7-,8+,9?,10?,11+,12-,13-,26?;6-,7-,8+,9+,10?,11?,12-,13-,25?;;;/m111.../s1/i20TD;16TD;;;1D;1+2. The van der Waals surface area contributed by atoms with Gasteiger partial charge in [0.1, 0.15) is 139 Å². The third kappa shape index (κ3) is 24.5. The van der Waals surface area contributed by atoms with Gasteiger partial charge < -0.3 is 95.4 Å². The lowest BCUT2D eigenvalue weighted by Gasteiger charge is -2.28. The molecule has 0 bridgehead atoms. The van der Waals surface area contributed by atoms with Gasteiger partial charge in [-0.25, -0.2) is 11.1 Å². The van der Waals surface area contributed by atoms with Crippen molar-refractivity contribution in [2.75, 3.05) is 102 Å². The zero-order valence-corrected chi connectivity index (χ0v) is 58.1. The summed E-state index contributed by atoms with van der Waals surface area (Å²) in [4.78, 5) is 17.4. The molecule has 0 aromatic heterocycles. The van der Waals surface area contributed by atoms with Gasteiger partial charge in [0.25, 0.3) is 16.0 Å². The maximum absolute atomic E-state index is 13.5. The van der Waals surface area contributed by atoms with Gasteiger partial charge in [0, 0.05) is 117 Å². The molecule has 14 radical (unpaired) electrons. The van der Waals surface area contributed by atoms with Crippen LogP contribution >= 0.6 is 46.5 Å². The highest BCUT2D eigenvalue weighted by atomic mass is 32.2. The van der Waals surface area contributed by atoms with Crippen LogP contribution in [0.15, 0.2) is 34.1 Å². The molecule has 7 heterocycles. The van der Waals surface area contributed by atoms with E-state index in [2.05, 4.69) is 44.4 Å². The van der Waals surface area contributed by atoms with Gasteiger partial charge in [0.2, 0.25) is 6.54 Å². The van der Waals surface area contributed by atoms with E-state index in [1.54, 1.807) is 6.92 Å². The Kier molecular flexibility index (Phi) is 33.6. The molecule has 0 aliphatic carbocycles. The molecule has 0 saturated carbocycles. The molecule has 1 aromatic carbocycles. The normalized spacial score (nSPS) is 38.4. The molecule has 9 unspecified atom stereocenters. The lowest BCUT2D eigenvalue weighted by molar-refractivity contribution is -0.148. The minimum absolute atomic E-state index is 0. The fraction of sp³-hybridized carbons (Fsp3) is 0.843. The number of phosphoric ester groups is 1. The number of methoxy groups -OCH3 is 5. The molecule has 6 fully saturated rings. The fourth-order valence-electron chi connectivity index (χ4n) is 10.3. The fourth-order valence-corrected chi connectivity index (χ4v) is 16.5. The zero-order chi connectivity index (χ0) is 74.3. The molecule has 7 aliphatic heterocycles. The summed E-state index contributed by atoms with van der Waals surface area (Å²) in [5.74, 6) is -0.924. The van der Waals surface area contributed by atoms with Crippen molar-refractivity contribution in [3.05, 3.63) is 35.7 Å². The predicted molar refractivity (Wildman–Crippen MR) is 355 cm³/mol. The lowest BCUT2D eigenvalue weighted by atomic mass is 9.88. The van der Waals surface area contributed by atoms with Crippen molar-refractivity contribution in [3.63, 3.8) is 0 Å². The summed E-state index contributed by atoms with van der Waals surface area (Å²) in [7, 11) is 30.3. The first kappa shape index (κ1) is 77.4. The SMILES string of the molecule is CC1Sc2ccccc2S1.[2H]B([3H])O[C@H]1C(OP(=O)(OCC[N+]#[C-])OC[C@H]2O[C@@H]([B])[C@@H](OC(C)=O)C2C)[C@@H](COC)O[C@H]1[B].[2H]B([3H])O[C@H]1C(OP(C)(=O)OC[C@H]2O[C@@H]([B])[C@@H](O)C2OC)[C@@H](COC)O[C@H]1[B].[2H][B].[3HH].[B][C@@H]1O[C@H](COP(C)(=O)OC2[C@@H](COC)O[C@@H]([B])[C@H]2O)C(OC)[C@@H]1O.